The van der Waals surface area contributed by atoms with Crippen molar-refractivity contribution in [2.75, 3.05) is 19.0 Å². The van der Waals surface area contributed by atoms with Crippen LogP contribution in [0, 0.1) is 0 Å². The summed E-state index contributed by atoms with van der Waals surface area (Å²) in [5.41, 5.74) is 0.929. The first-order chi connectivity index (χ1) is 8.77. The van der Waals surface area contributed by atoms with Crippen LogP contribution in [0.5, 0.6) is 5.75 Å². The van der Waals surface area contributed by atoms with E-state index >= 15 is 0 Å². The Bertz CT molecular complexity index is 369. The molecule has 0 unspecified atom stereocenters. The second-order valence-corrected chi connectivity index (χ2v) is 4.88. The molecule has 1 N–H and O–H groups in total. The average molecular weight is 314 g/mol. The van der Waals surface area contributed by atoms with Crippen molar-refractivity contribution in [3.05, 3.63) is 29.8 Å². The molecule has 0 aliphatic carbocycles. The van der Waals surface area contributed by atoms with Crippen molar-refractivity contribution < 1.29 is 9.53 Å². The number of halogens is 1. The highest BCUT2D eigenvalue weighted by Gasteiger charge is 2.07. The highest BCUT2D eigenvalue weighted by molar-refractivity contribution is 9.09. The second kappa shape index (κ2) is 8.97. The first kappa shape index (κ1) is 15.0. The lowest BCUT2D eigenvalue weighted by Gasteiger charge is -2.08. The van der Waals surface area contributed by atoms with Gasteiger partial charge in [0.25, 0.3) is 0 Å². The van der Waals surface area contributed by atoms with Gasteiger partial charge in [0.2, 0.25) is 5.91 Å². The van der Waals surface area contributed by atoms with Crippen molar-refractivity contribution in [3.8, 4) is 5.75 Å². The van der Waals surface area contributed by atoms with Crippen molar-refractivity contribution in [1.82, 2.24) is 5.32 Å². The lowest BCUT2D eigenvalue weighted by molar-refractivity contribution is -0.120. The van der Waals surface area contributed by atoms with Gasteiger partial charge in [0.1, 0.15) is 5.75 Å². The minimum absolute atomic E-state index is 0.0540. The van der Waals surface area contributed by atoms with Gasteiger partial charge in [-0.3, -0.25) is 4.79 Å². The molecular weight excluding hydrogens is 294 g/mol. The molecule has 1 aromatic rings. The molecular formula is C14H20BrNO2. The average Bonchev–Trinajstić information content (AvgIpc) is 2.39. The number of para-hydroxylation sites is 1. The standard InChI is InChI=1S/C14H20BrNO2/c1-18-13-8-4-3-7-12(13)11-14(17)16-10-6-2-5-9-15/h3-4,7-8H,2,5-6,9-11H2,1H3,(H,16,17). The van der Waals surface area contributed by atoms with Gasteiger partial charge in [-0.2, -0.15) is 0 Å². The predicted molar refractivity (Wildman–Crippen MR) is 77.4 cm³/mol. The summed E-state index contributed by atoms with van der Waals surface area (Å²) in [5, 5.41) is 3.96. The van der Waals surface area contributed by atoms with Crippen LogP contribution in [0.4, 0.5) is 0 Å². The number of hydrogen-bond acceptors (Lipinski definition) is 2. The number of unbranched alkanes of at least 4 members (excludes halogenated alkanes) is 2. The highest BCUT2D eigenvalue weighted by Crippen LogP contribution is 2.17. The summed E-state index contributed by atoms with van der Waals surface area (Å²) in [6.45, 7) is 0.751. The van der Waals surface area contributed by atoms with Crippen molar-refractivity contribution in [2.24, 2.45) is 0 Å². The third kappa shape index (κ3) is 5.54. The molecule has 0 heterocycles. The van der Waals surface area contributed by atoms with Gasteiger partial charge in [-0.25, -0.2) is 0 Å². The Morgan fingerprint density at radius 2 is 2.06 bits per heavy atom. The lowest BCUT2D eigenvalue weighted by Crippen LogP contribution is -2.26. The fraction of sp³-hybridized carbons (Fsp3) is 0.500. The van der Waals surface area contributed by atoms with Gasteiger partial charge in [-0.05, 0) is 18.9 Å². The molecule has 4 heteroatoms. The number of amides is 1. The molecule has 18 heavy (non-hydrogen) atoms. The molecule has 0 aromatic heterocycles. The van der Waals surface area contributed by atoms with Crippen molar-refractivity contribution in [1.29, 1.82) is 0 Å². The van der Waals surface area contributed by atoms with Crippen molar-refractivity contribution in [3.63, 3.8) is 0 Å². The summed E-state index contributed by atoms with van der Waals surface area (Å²) in [6.07, 6.45) is 3.70. The predicted octanol–water partition coefficient (Wildman–Crippen LogP) is 2.92. The number of hydrogen-bond donors (Lipinski definition) is 1. The molecule has 0 saturated heterocycles. The van der Waals surface area contributed by atoms with Crippen LogP contribution in [-0.2, 0) is 11.2 Å². The quantitative estimate of drug-likeness (QED) is 0.592. The van der Waals surface area contributed by atoms with E-state index in [4.69, 9.17) is 4.74 Å². The van der Waals surface area contributed by atoms with E-state index in [-0.39, 0.29) is 5.91 Å². The molecule has 1 amide bonds. The van der Waals surface area contributed by atoms with Crippen LogP contribution in [0.25, 0.3) is 0 Å². The Morgan fingerprint density at radius 1 is 1.28 bits per heavy atom. The zero-order valence-corrected chi connectivity index (χ0v) is 12.3. The van der Waals surface area contributed by atoms with Gasteiger partial charge in [-0.15, -0.1) is 0 Å². The zero-order chi connectivity index (χ0) is 13.2. The third-order valence-corrected chi connectivity index (χ3v) is 3.24. The number of rotatable bonds is 8. The van der Waals surface area contributed by atoms with E-state index in [9.17, 15) is 4.79 Å². The lowest BCUT2D eigenvalue weighted by atomic mass is 10.1. The van der Waals surface area contributed by atoms with Crippen LogP contribution in [-0.4, -0.2) is 24.9 Å². The van der Waals surface area contributed by atoms with Crippen LogP contribution in [0.3, 0.4) is 0 Å². The third-order valence-electron chi connectivity index (χ3n) is 2.68. The Labute approximate surface area is 117 Å². The number of benzene rings is 1. The van der Waals surface area contributed by atoms with E-state index in [0.29, 0.717) is 6.42 Å². The first-order valence-corrected chi connectivity index (χ1v) is 7.34. The van der Waals surface area contributed by atoms with Gasteiger partial charge in [-0.1, -0.05) is 40.5 Å². The molecule has 0 fully saturated rings. The molecule has 1 aromatic carbocycles. The number of nitrogens with one attached hydrogen (secondary N) is 1. The fourth-order valence-corrected chi connectivity index (χ4v) is 2.11. The Morgan fingerprint density at radius 3 is 2.78 bits per heavy atom. The molecule has 0 spiro atoms. The smallest absolute Gasteiger partial charge is 0.224 e. The van der Waals surface area contributed by atoms with Crippen LogP contribution in [0.1, 0.15) is 24.8 Å². The summed E-state index contributed by atoms with van der Waals surface area (Å²) < 4.78 is 5.22. The molecule has 1 rings (SSSR count). The topological polar surface area (TPSA) is 38.3 Å². The van der Waals surface area contributed by atoms with E-state index in [1.165, 1.54) is 0 Å². The minimum Gasteiger partial charge on any atom is -0.496 e. The summed E-state index contributed by atoms with van der Waals surface area (Å²) in [4.78, 5) is 11.7. The summed E-state index contributed by atoms with van der Waals surface area (Å²) in [5.74, 6) is 0.824. The Balaban J connectivity index is 2.31. The van der Waals surface area contributed by atoms with Gasteiger partial charge >= 0.3 is 0 Å². The van der Waals surface area contributed by atoms with E-state index in [1.54, 1.807) is 7.11 Å². The molecule has 0 radical (unpaired) electrons. The molecule has 0 aliphatic rings. The van der Waals surface area contributed by atoms with Gasteiger partial charge in [0.15, 0.2) is 0 Å². The van der Waals surface area contributed by atoms with Crippen LogP contribution < -0.4 is 10.1 Å². The Kier molecular flexibility index (Phi) is 7.49. The van der Waals surface area contributed by atoms with E-state index in [2.05, 4.69) is 21.2 Å². The van der Waals surface area contributed by atoms with Crippen molar-refractivity contribution >= 4 is 21.8 Å². The molecule has 0 bridgehead atoms. The molecule has 0 atom stereocenters. The number of alkyl halides is 1. The van der Waals surface area contributed by atoms with Gasteiger partial charge in [0.05, 0.1) is 13.5 Å². The van der Waals surface area contributed by atoms with Gasteiger partial charge < -0.3 is 10.1 Å². The molecule has 100 valence electrons. The maximum absolute atomic E-state index is 11.7. The number of methoxy groups -OCH3 is 1. The van der Waals surface area contributed by atoms with Crippen molar-refractivity contribution in [2.45, 2.75) is 25.7 Å². The number of carbonyl (C=O) groups excluding carboxylic acids is 1. The normalized spacial score (nSPS) is 10.1. The SMILES string of the molecule is COc1ccccc1CC(=O)NCCCCCBr. The van der Waals surface area contributed by atoms with E-state index in [0.717, 1.165) is 42.5 Å². The van der Waals surface area contributed by atoms with E-state index < -0.39 is 0 Å². The maximum Gasteiger partial charge on any atom is 0.224 e. The summed E-state index contributed by atoms with van der Waals surface area (Å²) in [7, 11) is 1.62. The van der Waals surface area contributed by atoms with Crippen LogP contribution >= 0.6 is 15.9 Å². The summed E-state index contributed by atoms with van der Waals surface area (Å²) >= 11 is 3.39. The second-order valence-electron chi connectivity index (χ2n) is 4.09. The van der Waals surface area contributed by atoms with E-state index in [1.807, 2.05) is 24.3 Å². The maximum atomic E-state index is 11.7. The molecule has 0 aliphatic heterocycles. The van der Waals surface area contributed by atoms with Gasteiger partial charge in [0, 0.05) is 17.4 Å². The zero-order valence-electron chi connectivity index (χ0n) is 10.7. The van der Waals surface area contributed by atoms with Crippen LogP contribution in [0.15, 0.2) is 24.3 Å². The highest BCUT2D eigenvalue weighted by atomic mass is 79.9. The fourth-order valence-electron chi connectivity index (χ4n) is 1.71. The molecule has 0 saturated carbocycles. The first-order valence-electron chi connectivity index (χ1n) is 6.22. The minimum atomic E-state index is 0.0540. The number of carbonyl (C=O) groups is 1. The Hall–Kier alpha value is -1.03. The molecule has 3 nitrogen and oxygen atoms in total. The summed E-state index contributed by atoms with van der Waals surface area (Å²) in [6, 6.07) is 7.61. The largest absolute Gasteiger partial charge is 0.496 e. The van der Waals surface area contributed by atoms with Crippen LogP contribution in [0.2, 0.25) is 0 Å². The monoisotopic (exact) mass is 313 g/mol. The number of ether oxygens (including phenoxy) is 1.